The first kappa shape index (κ1) is 7.63. The number of hydrogen-bond donors (Lipinski definition) is 1. The highest BCUT2D eigenvalue weighted by atomic mass is 79.9. The van der Waals surface area contributed by atoms with Crippen molar-refractivity contribution in [1.82, 2.24) is 0 Å². The molecule has 0 unspecified atom stereocenters. The minimum atomic E-state index is 0.608. The van der Waals surface area contributed by atoms with E-state index in [4.69, 9.17) is 5.02 Å². The van der Waals surface area contributed by atoms with E-state index in [1.807, 2.05) is 12.1 Å². The molecule has 0 aromatic heterocycles. The summed E-state index contributed by atoms with van der Waals surface area (Å²) >= 11 is 3.26. The van der Waals surface area contributed by atoms with Crippen molar-refractivity contribution in [3.8, 4) is 5.75 Å². The predicted molar refractivity (Wildman–Crippen MR) is 42.7 cm³/mol. The molecule has 0 aliphatic carbocycles. The summed E-state index contributed by atoms with van der Waals surface area (Å²) in [4.78, 5) is 0. The van der Waals surface area contributed by atoms with E-state index in [1.165, 1.54) is 0 Å². The summed E-state index contributed by atoms with van der Waals surface area (Å²) < 4.78 is 5.61. The van der Waals surface area contributed by atoms with Gasteiger partial charge >= 0.3 is 7.69 Å². The van der Waals surface area contributed by atoms with Crippen LogP contribution in [0.5, 0.6) is 5.75 Å². The van der Waals surface area contributed by atoms with Gasteiger partial charge in [-0.15, -0.1) is 0 Å². The lowest BCUT2D eigenvalue weighted by molar-refractivity contribution is 0.453. The largest absolute Gasteiger partial charge is 0.569 e. The first-order chi connectivity index (χ1) is 4.83. The molecule has 2 nitrogen and oxygen atoms in total. The van der Waals surface area contributed by atoms with Crippen molar-refractivity contribution in [2.24, 2.45) is 0 Å². The Balaban J connectivity index is 2.75. The van der Waals surface area contributed by atoms with Gasteiger partial charge in [0, 0.05) is 4.47 Å². The summed E-state index contributed by atoms with van der Waals surface area (Å²) in [6.07, 6.45) is 0. The van der Waals surface area contributed by atoms with Gasteiger partial charge in [0.15, 0.2) is 0 Å². The van der Waals surface area contributed by atoms with E-state index in [0.717, 1.165) is 4.47 Å². The van der Waals surface area contributed by atoms with Gasteiger partial charge in [0.25, 0.3) is 0 Å². The van der Waals surface area contributed by atoms with Crippen LogP contribution in [0.2, 0.25) is 0 Å². The summed E-state index contributed by atoms with van der Waals surface area (Å²) in [6.45, 7) is 0. The highest BCUT2D eigenvalue weighted by molar-refractivity contribution is 9.10. The summed E-state index contributed by atoms with van der Waals surface area (Å²) in [5, 5.41) is 8.25. The van der Waals surface area contributed by atoms with Crippen LogP contribution in [0.25, 0.3) is 0 Å². The van der Waals surface area contributed by atoms with Crippen LogP contribution >= 0.6 is 15.9 Å². The zero-order valence-corrected chi connectivity index (χ0v) is 6.71. The average Bonchev–Trinajstić information content (AvgIpc) is 1.88. The Bertz CT molecular complexity index is 217. The Morgan fingerprint density at radius 2 is 2.30 bits per heavy atom. The second kappa shape index (κ2) is 3.63. The van der Waals surface area contributed by atoms with Crippen LogP contribution in [0.15, 0.2) is 28.7 Å². The summed E-state index contributed by atoms with van der Waals surface area (Å²) in [5.74, 6) is 0.608. The molecule has 1 radical (unpaired) electrons. The fraction of sp³-hybridized carbons (Fsp3) is 0. The molecule has 0 saturated carbocycles. The van der Waals surface area contributed by atoms with Gasteiger partial charge in [-0.1, -0.05) is 22.0 Å². The van der Waals surface area contributed by atoms with E-state index < -0.39 is 0 Å². The molecule has 4 heteroatoms. The molecule has 0 aliphatic heterocycles. The van der Waals surface area contributed by atoms with Crippen LogP contribution < -0.4 is 4.65 Å². The van der Waals surface area contributed by atoms with E-state index in [9.17, 15) is 0 Å². The summed E-state index contributed by atoms with van der Waals surface area (Å²) in [5.41, 5.74) is 0. The van der Waals surface area contributed by atoms with Crippen molar-refractivity contribution in [2.75, 3.05) is 0 Å². The van der Waals surface area contributed by atoms with Gasteiger partial charge in [0.05, 0.1) is 0 Å². The molecule has 0 atom stereocenters. The van der Waals surface area contributed by atoms with Crippen LogP contribution in [-0.4, -0.2) is 12.7 Å². The number of rotatable bonds is 2. The lowest BCUT2D eigenvalue weighted by Crippen LogP contribution is -1.98. The second-order valence-corrected chi connectivity index (χ2v) is 2.60. The molecule has 0 saturated heterocycles. The molecule has 1 rings (SSSR count). The molecular weight excluding hydrogens is 195 g/mol. The lowest BCUT2D eigenvalue weighted by atomic mass is 10.3. The third-order valence-electron chi connectivity index (χ3n) is 0.985. The second-order valence-electron chi connectivity index (χ2n) is 1.68. The fourth-order valence-electron chi connectivity index (χ4n) is 0.601. The topological polar surface area (TPSA) is 29.5 Å². The molecule has 1 aromatic rings. The molecule has 0 fully saturated rings. The Labute approximate surface area is 68.3 Å². The van der Waals surface area contributed by atoms with Crippen molar-refractivity contribution in [3.05, 3.63) is 28.7 Å². The van der Waals surface area contributed by atoms with Gasteiger partial charge in [0.1, 0.15) is 5.75 Å². The zero-order chi connectivity index (χ0) is 7.40. The first-order valence-electron chi connectivity index (χ1n) is 2.71. The molecule has 0 spiro atoms. The first-order valence-corrected chi connectivity index (χ1v) is 3.50. The smallest absolute Gasteiger partial charge is 0.537 e. The lowest BCUT2D eigenvalue weighted by Gasteiger charge is -1.99. The Hall–Kier alpha value is -0.475. The molecule has 0 bridgehead atoms. The standard InChI is InChI=1S/C6H5BBrO2/c8-5-2-1-3-6(4-5)10-7-9/h1-4,9H. The monoisotopic (exact) mass is 199 g/mol. The maximum absolute atomic E-state index is 8.25. The highest BCUT2D eigenvalue weighted by Gasteiger charge is 1.92. The van der Waals surface area contributed by atoms with Crippen molar-refractivity contribution in [2.45, 2.75) is 0 Å². The molecule has 51 valence electrons. The van der Waals surface area contributed by atoms with Gasteiger partial charge in [-0.3, -0.25) is 0 Å². The maximum Gasteiger partial charge on any atom is 0.569 e. The summed E-state index contributed by atoms with van der Waals surface area (Å²) in [6, 6.07) is 7.21. The van der Waals surface area contributed by atoms with Gasteiger partial charge < -0.3 is 9.68 Å². The van der Waals surface area contributed by atoms with Crippen LogP contribution in [0.3, 0.4) is 0 Å². The van der Waals surface area contributed by atoms with Crippen molar-refractivity contribution >= 4 is 23.6 Å². The Morgan fingerprint density at radius 3 is 2.90 bits per heavy atom. The number of hydrogen-bond acceptors (Lipinski definition) is 2. The van der Waals surface area contributed by atoms with Crippen molar-refractivity contribution < 1.29 is 9.68 Å². The molecule has 0 amide bonds. The fourth-order valence-corrected chi connectivity index (χ4v) is 0.979. The van der Waals surface area contributed by atoms with Gasteiger partial charge in [-0.05, 0) is 18.2 Å². The minimum absolute atomic E-state index is 0.608. The van der Waals surface area contributed by atoms with E-state index in [1.54, 1.807) is 12.1 Å². The minimum Gasteiger partial charge on any atom is -0.537 e. The third-order valence-corrected chi connectivity index (χ3v) is 1.48. The average molecular weight is 200 g/mol. The SMILES string of the molecule is O[B]Oc1cccc(Br)c1. The van der Waals surface area contributed by atoms with Crippen LogP contribution in [0.1, 0.15) is 0 Å². The normalized spacial score (nSPS) is 9.00. The molecule has 0 aliphatic rings. The Morgan fingerprint density at radius 1 is 1.50 bits per heavy atom. The number of benzene rings is 1. The predicted octanol–water partition coefficient (Wildman–Crippen LogP) is 1.35. The third kappa shape index (κ3) is 2.04. The van der Waals surface area contributed by atoms with E-state index in [-0.39, 0.29) is 0 Å². The van der Waals surface area contributed by atoms with E-state index >= 15 is 0 Å². The molecule has 10 heavy (non-hydrogen) atoms. The van der Waals surface area contributed by atoms with Crippen LogP contribution in [-0.2, 0) is 0 Å². The van der Waals surface area contributed by atoms with Gasteiger partial charge in [-0.25, -0.2) is 0 Å². The van der Waals surface area contributed by atoms with E-state index in [0.29, 0.717) is 13.4 Å². The molecular formula is C6H5BBrO2. The van der Waals surface area contributed by atoms with Gasteiger partial charge in [0.2, 0.25) is 0 Å². The molecule has 1 aromatic carbocycles. The maximum atomic E-state index is 8.25. The van der Waals surface area contributed by atoms with E-state index in [2.05, 4.69) is 20.6 Å². The Kier molecular flexibility index (Phi) is 2.77. The van der Waals surface area contributed by atoms with Gasteiger partial charge in [-0.2, -0.15) is 0 Å². The van der Waals surface area contributed by atoms with Crippen molar-refractivity contribution in [3.63, 3.8) is 0 Å². The van der Waals surface area contributed by atoms with Crippen LogP contribution in [0.4, 0.5) is 0 Å². The summed E-state index contributed by atoms with van der Waals surface area (Å²) in [7, 11) is 0.655. The highest BCUT2D eigenvalue weighted by Crippen LogP contribution is 2.16. The molecule has 1 N–H and O–H groups in total. The zero-order valence-electron chi connectivity index (χ0n) is 5.12. The quantitative estimate of drug-likeness (QED) is 0.730. The van der Waals surface area contributed by atoms with Crippen LogP contribution in [0, 0.1) is 0 Å². The molecule has 0 heterocycles. The number of halogens is 1. The van der Waals surface area contributed by atoms with Crippen molar-refractivity contribution in [1.29, 1.82) is 0 Å².